The second-order valence-electron chi connectivity index (χ2n) is 7.08. The number of nitrogens with one attached hydrogen (secondary N) is 1. The molecule has 0 radical (unpaired) electrons. The molecule has 2 nitrogen and oxygen atoms in total. The summed E-state index contributed by atoms with van der Waals surface area (Å²) in [6.07, 6.45) is 5.44. The third-order valence-corrected chi connectivity index (χ3v) is 5.49. The molecular weight excluding hydrogens is 252 g/mol. The molecule has 0 bridgehead atoms. The van der Waals surface area contributed by atoms with Crippen molar-refractivity contribution in [2.75, 3.05) is 0 Å². The van der Waals surface area contributed by atoms with Crippen LogP contribution in [0.25, 0.3) is 0 Å². The summed E-state index contributed by atoms with van der Waals surface area (Å²) >= 11 is 1.78. The highest BCUT2D eigenvalue weighted by molar-refractivity contribution is 7.09. The van der Waals surface area contributed by atoms with Crippen LogP contribution in [0.2, 0.25) is 0 Å². The first-order chi connectivity index (χ1) is 8.88. The summed E-state index contributed by atoms with van der Waals surface area (Å²) < 4.78 is 0. The molecule has 19 heavy (non-hydrogen) atoms. The molecular formula is C16H28N2S. The zero-order chi connectivity index (χ0) is 14.0. The largest absolute Gasteiger partial charge is 0.305 e. The summed E-state index contributed by atoms with van der Waals surface area (Å²) in [4.78, 5) is 4.62. The lowest BCUT2D eigenvalue weighted by molar-refractivity contribution is 0.124. The fourth-order valence-electron chi connectivity index (χ4n) is 3.33. The van der Waals surface area contributed by atoms with Gasteiger partial charge in [0.1, 0.15) is 5.01 Å². The summed E-state index contributed by atoms with van der Waals surface area (Å²) in [5, 5.41) is 7.23. The molecule has 1 aromatic rings. The van der Waals surface area contributed by atoms with Crippen LogP contribution in [-0.2, 0) is 0 Å². The maximum Gasteiger partial charge on any atom is 0.110 e. The van der Waals surface area contributed by atoms with Gasteiger partial charge in [-0.3, -0.25) is 0 Å². The van der Waals surface area contributed by atoms with Crippen LogP contribution >= 0.6 is 11.3 Å². The van der Waals surface area contributed by atoms with Gasteiger partial charge in [-0.25, -0.2) is 4.98 Å². The molecule has 0 aliphatic heterocycles. The maximum absolute atomic E-state index is 4.62. The van der Waals surface area contributed by atoms with E-state index in [1.165, 1.54) is 30.7 Å². The topological polar surface area (TPSA) is 24.9 Å². The van der Waals surface area contributed by atoms with Gasteiger partial charge in [-0.15, -0.1) is 11.3 Å². The van der Waals surface area contributed by atoms with Gasteiger partial charge in [0.15, 0.2) is 0 Å². The van der Waals surface area contributed by atoms with Crippen molar-refractivity contribution < 1.29 is 0 Å². The van der Waals surface area contributed by atoms with Gasteiger partial charge in [-0.1, -0.05) is 33.6 Å². The quantitative estimate of drug-likeness (QED) is 0.867. The van der Waals surface area contributed by atoms with Crippen molar-refractivity contribution >= 4 is 11.3 Å². The zero-order valence-electron chi connectivity index (χ0n) is 13.0. The molecule has 1 aromatic heterocycles. The molecule has 1 saturated carbocycles. The van der Waals surface area contributed by atoms with E-state index in [1.807, 2.05) is 0 Å². The van der Waals surface area contributed by atoms with Crippen molar-refractivity contribution in [3.63, 3.8) is 0 Å². The average Bonchev–Trinajstić information content (AvgIpc) is 2.75. The highest BCUT2D eigenvalue weighted by Crippen LogP contribution is 2.38. The van der Waals surface area contributed by atoms with Gasteiger partial charge < -0.3 is 5.32 Å². The minimum Gasteiger partial charge on any atom is -0.305 e. The lowest BCUT2D eigenvalue weighted by Gasteiger charge is -2.42. The predicted octanol–water partition coefficient (Wildman–Crippen LogP) is 4.71. The Hall–Kier alpha value is -0.410. The first-order valence-electron chi connectivity index (χ1n) is 7.56. The lowest BCUT2D eigenvalue weighted by Crippen LogP contribution is -2.45. The van der Waals surface area contributed by atoms with Crippen molar-refractivity contribution in [2.45, 2.75) is 72.4 Å². The molecule has 1 N–H and O–H groups in total. The maximum atomic E-state index is 4.62. The van der Waals surface area contributed by atoms with Crippen LogP contribution in [0.1, 0.15) is 70.1 Å². The van der Waals surface area contributed by atoms with E-state index >= 15 is 0 Å². The monoisotopic (exact) mass is 280 g/mol. The van der Waals surface area contributed by atoms with Crippen LogP contribution in [0.4, 0.5) is 0 Å². The molecule has 1 aliphatic carbocycles. The van der Waals surface area contributed by atoms with E-state index in [0.717, 1.165) is 11.6 Å². The number of rotatable bonds is 3. The number of hydrogen-bond acceptors (Lipinski definition) is 3. The first-order valence-corrected chi connectivity index (χ1v) is 8.44. The summed E-state index contributed by atoms with van der Waals surface area (Å²) in [5.41, 5.74) is 1.54. The summed E-state index contributed by atoms with van der Waals surface area (Å²) in [6.45, 7) is 11.5. The average molecular weight is 280 g/mol. The van der Waals surface area contributed by atoms with Gasteiger partial charge in [-0.2, -0.15) is 0 Å². The van der Waals surface area contributed by atoms with Crippen LogP contribution in [0.5, 0.6) is 0 Å². The van der Waals surface area contributed by atoms with Crippen LogP contribution in [-0.4, -0.2) is 11.0 Å². The zero-order valence-corrected chi connectivity index (χ0v) is 13.8. The van der Waals surface area contributed by atoms with Gasteiger partial charge in [0.05, 0.1) is 6.04 Å². The van der Waals surface area contributed by atoms with E-state index < -0.39 is 0 Å². The summed E-state index contributed by atoms with van der Waals surface area (Å²) in [5.74, 6) is 0.782. The molecule has 1 heterocycles. The normalized spacial score (nSPS) is 26.4. The molecule has 3 unspecified atom stereocenters. The highest BCUT2D eigenvalue weighted by Gasteiger charge is 2.34. The fraction of sp³-hybridized carbons (Fsp3) is 0.812. The summed E-state index contributed by atoms with van der Waals surface area (Å²) in [7, 11) is 0. The smallest absolute Gasteiger partial charge is 0.110 e. The molecule has 0 aromatic carbocycles. The van der Waals surface area contributed by atoms with E-state index in [0.29, 0.717) is 17.5 Å². The third kappa shape index (κ3) is 3.79. The number of thiazole rings is 1. The Morgan fingerprint density at radius 2 is 2.00 bits per heavy atom. The Morgan fingerprint density at radius 1 is 1.32 bits per heavy atom. The van der Waals surface area contributed by atoms with Gasteiger partial charge in [-0.05, 0) is 38.0 Å². The van der Waals surface area contributed by atoms with Gasteiger partial charge in [0.25, 0.3) is 0 Å². The van der Waals surface area contributed by atoms with Crippen molar-refractivity contribution in [3.05, 3.63) is 16.1 Å². The van der Waals surface area contributed by atoms with E-state index in [4.69, 9.17) is 0 Å². The Morgan fingerprint density at radius 3 is 2.58 bits per heavy atom. The molecule has 108 valence electrons. The molecule has 1 fully saturated rings. The SMILES string of the molecule is Cc1csc(C(C)NC2CCCCC2C(C)(C)C)n1. The van der Waals surface area contributed by atoms with Gasteiger partial charge >= 0.3 is 0 Å². The standard InChI is InChI=1S/C16H28N2S/c1-11-10-19-15(17-11)12(2)18-14-9-7-6-8-13(14)16(3,4)5/h10,12-14,18H,6-9H2,1-5H3. The Balaban J connectivity index is 2.03. The molecule has 0 amide bonds. The molecule has 3 heteroatoms. The first kappa shape index (κ1) is 15.0. The minimum absolute atomic E-state index is 0.381. The van der Waals surface area contributed by atoms with Crippen LogP contribution in [0, 0.1) is 18.3 Å². The predicted molar refractivity (Wildman–Crippen MR) is 83.6 cm³/mol. The van der Waals surface area contributed by atoms with Crippen molar-refractivity contribution in [3.8, 4) is 0 Å². The minimum atomic E-state index is 0.381. The van der Waals surface area contributed by atoms with Crippen molar-refractivity contribution in [2.24, 2.45) is 11.3 Å². The highest BCUT2D eigenvalue weighted by atomic mass is 32.1. The third-order valence-electron chi connectivity index (χ3n) is 4.35. The molecule has 2 rings (SSSR count). The van der Waals surface area contributed by atoms with Crippen molar-refractivity contribution in [1.29, 1.82) is 0 Å². The van der Waals surface area contributed by atoms with Crippen molar-refractivity contribution in [1.82, 2.24) is 10.3 Å². The van der Waals surface area contributed by atoms with Crippen LogP contribution in [0.15, 0.2) is 5.38 Å². The molecule has 3 atom stereocenters. The number of nitrogens with zero attached hydrogens (tertiary/aromatic N) is 1. The molecule has 1 aliphatic rings. The Bertz CT molecular complexity index is 405. The number of aromatic nitrogens is 1. The van der Waals surface area contributed by atoms with Crippen LogP contribution in [0.3, 0.4) is 0 Å². The van der Waals surface area contributed by atoms with E-state index in [1.54, 1.807) is 11.3 Å². The Labute approximate surface area is 122 Å². The second kappa shape index (κ2) is 5.92. The molecule has 0 spiro atoms. The second-order valence-corrected chi connectivity index (χ2v) is 7.97. The van der Waals surface area contributed by atoms with E-state index in [2.05, 4.69) is 50.3 Å². The van der Waals surface area contributed by atoms with Gasteiger partial charge in [0, 0.05) is 17.1 Å². The fourth-order valence-corrected chi connectivity index (χ4v) is 4.14. The summed E-state index contributed by atoms with van der Waals surface area (Å²) in [6, 6.07) is 1.03. The molecule has 0 saturated heterocycles. The van der Waals surface area contributed by atoms with E-state index in [9.17, 15) is 0 Å². The number of aryl methyl sites for hydroxylation is 1. The van der Waals surface area contributed by atoms with Crippen LogP contribution < -0.4 is 5.32 Å². The van der Waals surface area contributed by atoms with E-state index in [-0.39, 0.29) is 0 Å². The Kier molecular flexibility index (Phi) is 4.67. The lowest BCUT2D eigenvalue weighted by atomic mass is 9.69. The van der Waals surface area contributed by atoms with Gasteiger partial charge in [0.2, 0.25) is 0 Å². The number of hydrogen-bond donors (Lipinski definition) is 1.